The van der Waals surface area contributed by atoms with Gasteiger partial charge in [0.2, 0.25) is 0 Å². The van der Waals surface area contributed by atoms with Crippen LogP contribution in [0.25, 0.3) is 11.1 Å². The molecule has 1 aromatic carbocycles. The monoisotopic (exact) mass is 266 g/mol. The van der Waals surface area contributed by atoms with Gasteiger partial charge in [-0.15, -0.1) is 0 Å². The van der Waals surface area contributed by atoms with Crippen molar-refractivity contribution in [2.75, 3.05) is 7.11 Å². The van der Waals surface area contributed by atoms with Gasteiger partial charge in [-0.1, -0.05) is 18.2 Å². The van der Waals surface area contributed by atoms with Crippen molar-refractivity contribution in [3.05, 3.63) is 51.4 Å². The predicted octanol–water partition coefficient (Wildman–Crippen LogP) is 2.41. The van der Waals surface area contributed by atoms with Gasteiger partial charge in [-0.25, -0.2) is 0 Å². The molecule has 0 atom stereocenters. The molecule has 0 spiro atoms. The molecular weight excluding hydrogens is 252 g/mol. The van der Waals surface area contributed by atoms with Crippen molar-refractivity contribution in [1.29, 1.82) is 5.26 Å². The first kappa shape index (κ1) is 12.5. The summed E-state index contributed by atoms with van der Waals surface area (Å²) in [4.78, 5) is 14.9. The molecule has 1 aliphatic rings. The lowest BCUT2D eigenvalue weighted by atomic mass is 9.94. The lowest BCUT2D eigenvalue weighted by Crippen LogP contribution is -2.15. The molecule has 4 heteroatoms. The van der Waals surface area contributed by atoms with Crippen LogP contribution in [-0.2, 0) is 12.8 Å². The van der Waals surface area contributed by atoms with Crippen LogP contribution in [0.3, 0.4) is 0 Å². The molecule has 0 unspecified atom stereocenters. The molecule has 0 aliphatic heterocycles. The van der Waals surface area contributed by atoms with E-state index in [1.54, 1.807) is 7.11 Å². The maximum Gasteiger partial charge on any atom is 0.266 e. The topological polar surface area (TPSA) is 65.9 Å². The third-order valence-corrected chi connectivity index (χ3v) is 3.75. The van der Waals surface area contributed by atoms with Crippen LogP contribution in [-0.4, -0.2) is 12.1 Å². The molecule has 0 bridgehead atoms. The molecule has 2 aromatic rings. The predicted molar refractivity (Wildman–Crippen MR) is 75.8 cm³/mol. The Kier molecular flexibility index (Phi) is 3.03. The lowest BCUT2D eigenvalue weighted by Gasteiger charge is -2.13. The van der Waals surface area contributed by atoms with Crippen LogP contribution in [0.2, 0.25) is 0 Å². The van der Waals surface area contributed by atoms with Crippen molar-refractivity contribution >= 4 is 0 Å². The van der Waals surface area contributed by atoms with E-state index in [9.17, 15) is 10.1 Å². The molecule has 1 aromatic heterocycles. The number of hydrogen-bond acceptors (Lipinski definition) is 3. The molecule has 1 heterocycles. The van der Waals surface area contributed by atoms with E-state index in [4.69, 9.17) is 4.74 Å². The highest BCUT2D eigenvalue weighted by Gasteiger charge is 2.23. The standard InChI is InChI=1S/C16H14N2O2/c1-20-14-8-3-2-5-11(14)15-10-6-4-7-13(10)18-16(19)12(15)9-17/h2-3,5,8H,4,6-7H2,1H3,(H,18,19). The van der Waals surface area contributed by atoms with E-state index in [-0.39, 0.29) is 11.1 Å². The molecule has 0 saturated heterocycles. The number of pyridine rings is 1. The number of fused-ring (bicyclic) bond motifs is 1. The molecular formula is C16H14N2O2. The highest BCUT2D eigenvalue weighted by molar-refractivity contribution is 5.79. The summed E-state index contributed by atoms with van der Waals surface area (Å²) >= 11 is 0. The van der Waals surface area contributed by atoms with Crippen molar-refractivity contribution in [2.24, 2.45) is 0 Å². The molecule has 0 radical (unpaired) electrons. The largest absolute Gasteiger partial charge is 0.496 e. The van der Waals surface area contributed by atoms with E-state index in [2.05, 4.69) is 4.98 Å². The smallest absolute Gasteiger partial charge is 0.266 e. The summed E-state index contributed by atoms with van der Waals surface area (Å²) in [5, 5.41) is 9.34. The summed E-state index contributed by atoms with van der Waals surface area (Å²) in [6.07, 6.45) is 2.74. The number of aromatic nitrogens is 1. The minimum absolute atomic E-state index is 0.176. The molecule has 0 fully saturated rings. The second kappa shape index (κ2) is 4.86. The van der Waals surface area contributed by atoms with Gasteiger partial charge in [0.05, 0.1) is 7.11 Å². The van der Waals surface area contributed by atoms with Gasteiger partial charge in [-0.05, 0) is 30.9 Å². The zero-order chi connectivity index (χ0) is 14.1. The number of benzene rings is 1. The van der Waals surface area contributed by atoms with Gasteiger partial charge in [0.15, 0.2) is 0 Å². The average Bonchev–Trinajstić information content (AvgIpc) is 2.93. The Labute approximate surface area is 116 Å². The number of para-hydroxylation sites is 1. The molecule has 3 rings (SSSR count). The number of aryl methyl sites for hydroxylation is 1. The van der Waals surface area contributed by atoms with Crippen LogP contribution in [0, 0.1) is 11.3 Å². The Morgan fingerprint density at radius 3 is 2.85 bits per heavy atom. The summed E-state index contributed by atoms with van der Waals surface area (Å²) < 4.78 is 5.38. The van der Waals surface area contributed by atoms with Gasteiger partial charge in [-0.2, -0.15) is 5.26 Å². The number of aromatic amines is 1. The molecule has 4 nitrogen and oxygen atoms in total. The Bertz CT molecular complexity index is 769. The molecule has 100 valence electrons. The summed E-state index contributed by atoms with van der Waals surface area (Å²) in [6.45, 7) is 0. The number of ether oxygens (including phenoxy) is 1. The zero-order valence-electron chi connectivity index (χ0n) is 11.2. The number of H-pyrrole nitrogens is 1. The van der Waals surface area contributed by atoms with E-state index in [0.29, 0.717) is 5.75 Å². The first-order valence-electron chi connectivity index (χ1n) is 6.57. The molecule has 20 heavy (non-hydrogen) atoms. The van der Waals surface area contributed by atoms with E-state index >= 15 is 0 Å². The Morgan fingerprint density at radius 2 is 2.10 bits per heavy atom. The number of nitrogens with one attached hydrogen (secondary N) is 1. The van der Waals surface area contributed by atoms with Crippen molar-refractivity contribution in [2.45, 2.75) is 19.3 Å². The van der Waals surface area contributed by atoms with Gasteiger partial charge in [0.1, 0.15) is 17.4 Å². The Balaban J connectivity index is 2.39. The van der Waals surface area contributed by atoms with Crippen LogP contribution >= 0.6 is 0 Å². The minimum Gasteiger partial charge on any atom is -0.496 e. The fourth-order valence-corrected chi connectivity index (χ4v) is 2.88. The second-order valence-corrected chi connectivity index (χ2v) is 4.83. The van der Waals surface area contributed by atoms with Crippen molar-refractivity contribution < 1.29 is 4.74 Å². The van der Waals surface area contributed by atoms with Crippen molar-refractivity contribution in [1.82, 2.24) is 4.98 Å². The third-order valence-electron chi connectivity index (χ3n) is 3.75. The van der Waals surface area contributed by atoms with Crippen LogP contribution in [0.4, 0.5) is 0 Å². The van der Waals surface area contributed by atoms with Crippen molar-refractivity contribution in [3.63, 3.8) is 0 Å². The van der Waals surface area contributed by atoms with E-state index in [0.717, 1.165) is 41.6 Å². The Hall–Kier alpha value is -2.54. The summed E-state index contributed by atoms with van der Waals surface area (Å²) in [5.41, 5.74) is 3.45. The van der Waals surface area contributed by atoms with Crippen LogP contribution < -0.4 is 10.3 Å². The maximum atomic E-state index is 12.1. The molecule has 1 N–H and O–H groups in total. The number of hydrogen-bond donors (Lipinski definition) is 1. The van der Waals surface area contributed by atoms with Gasteiger partial charge in [0, 0.05) is 16.8 Å². The van der Waals surface area contributed by atoms with Crippen LogP contribution in [0.15, 0.2) is 29.1 Å². The highest BCUT2D eigenvalue weighted by Crippen LogP contribution is 2.37. The average molecular weight is 266 g/mol. The Morgan fingerprint density at radius 1 is 1.30 bits per heavy atom. The van der Waals surface area contributed by atoms with Gasteiger partial charge in [0.25, 0.3) is 5.56 Å². The fourth-order valence-electron chi connectivity index (χ4n) is 2.88. The quantitative estimate of drug-likeness (QED) is 0.907. The van der Waals surface area contributed by atoms with Gasteiger partial charge >= 0.3 is 0 Å². The lowest BCUT2D eigenvalue weighted by molar-refractivity contribution is 0.416. The fraction of sp³-hybridized carbons (Fsp3) is 0.250. The second-order valence-electron chi connectivity index (χ2n) is 4.83. The number of methoxy groups -OCH3 is 1. The third kappa shape index (κ3) is 1.79. The van der Waals surface area contributed by atoms with E-state index in [1.807, 2.05) is 30.3 Å². The summed E-state index contributed by atoms with van der Waals surface area (Å²) in [7, 11) is 1.60. The molecule has 0 saturated carbocycles. The number of rotatable bonds is 2. The number of nitriles is 1. The van der Waals surface area contributed by atoms with Crippen molar-refractivity contribution in [3.8, 4) is 22.9 Å². The highest BCUT2D eigenvalue weighted by atomic mass is 16.5. The number of nitrogens with zero attached hydrogens (tertiary/aromatic N) is 1. The van der Waals surface area contributed by atoms with Gasteiger partial charge in [-0.3, -0.25) is 4.79 Å². The maximum absolute atomic E-state index is 12.1. The van der Waals surface area contributed by atoms with Gasteiger partial charge < -0.3 is 9.72 Å². The van der Waals surface area contributed by atoms with E-state index in [1.165, 1.54) is 0 Å². The molecule has 0 amide bonds. The normalized spacial score (nSPS) is 12.8. The first-order valence-corrected chi connectivity index (χ1v) is 6.57. The van der Waals surface area contributed by atoms with E-state index < -0.39 is 0 Å². The SMILES string of the molecule is COc1ccccc1-c1c2c([nH]c(=O)c1C#N)CCC2. The van der Waals surface area contributed by atoms with Crippen LogP contribution in [0.5, 0.6) is 5.75 Å². The van der Waals surface area contributed by atoms with Crippen LogP contribution in [0.1, 0.15) is 23.2 Å². The zero-order valence-corrected chi connectivity index (χ0v) is 11.2. The summed E-state index contributed by atoms with van der Waals surface area (Å²) in [5.74, 6) is 0.684. The summed E-state index contributed by atoms with van der Waals surface area (Å²) in [6, 6.07) is 9.55. The molecule has 1 aliphatic carbocycles. The first-order chi connectivity index (χ1) is 9.76. The minimum atomic E-state index is -0.311.